The molecule has 1 aliphatic heterocycles. The third kappa shape index (κ3) is 4.22. The highest BCUT2D eigenvalue weighted by atomic mass is 35.5. The van der Waals surface area contributed by atoms with Crippen molar-refractivity contribution in [2.75, 3.05) is 11.9 Å². The summed E-state index contributed by atoms with van der Waals surface area (Å²) in [6.45, 7) is 1.45. The van der Waals surface area contributed by atoms with E-state index in [1.165, 1.54) is 0 Å². The molecular formula is C25H22ClN3O3. The molecule has 0 spiro atoms. The molecule has 7 heteroatoms. The van der Waals surface area contributed by atoms with Crippen LogP contribution < -0.4 is 10.6 Å². The summed E-state index contributed by atoms with van der Waals surface area (Å²) in [6, 6.07) is 23.1. The number of nitrogens with zero attached hydrogens (tertiary/aromatic N) is 1. The smallest absolute Gasteiger partial charge is 0.324 e. The van der Waals surface area contributed by atoms with Crippen LogP contribution in [0.1, 0.15) is 16.7 Å². The molecule has 32 heavy (non-hydrogen) atoms. The number of rotatable bonds is 6. The van der Waals surface area contributed by atoms with Crippen molar-refractivity contribution in [2.24, 2.45) is 0 Å². The molecule has 2 N–H and O–H groups in total. The van der Waals surface area contributed by atoms with Crippen molar-refractivity contribution >= 4 is 35.1 Å². The highest BCUT2D eigenvalue weighted by Crippen LogP contribution is 2.33. The van der Waals surface area contributed by atoms with Gasteiger partial charge in [-0.15, -0.1) is 0 Å². The van der Waals surface area contributed by atoms with Gasteiger partial charge in [-0.2, -0.15) is 0 Å². The molecule has 0 aromatic heterocycles. The van der Waals surface area contributed by atoms with Crippen LogP contribution >= 0.6 is 11.6 Å². The first-order valence-electron chi connectivity index (χ1n) is 10.2. The average molecular weight is 448 g/mol. The van der Waals surface area contributed by atoms with Crippen molar-refractivity contribution in [3.8, 4) is 0 Å². The fourth-order valence-electron chi connectivity index (χ4n) is 3.83. The number of benzene rings is 3. The zero-order valence-corrected chi connectivity index (χ0v) is 18.2. The maximum Gasteiger partial charge on any atom is 0.325 e. The van der Waals surface area contributed by atoms with Gasteiger partial charge in [0.15, 0.2) is 5.54 Å². The van der Waals surface area contributed by atoms with Crippen molar-refractivity contribution in [3.05, 3.63) is 101 Å². The van der Waals surface area contributed by atoms with E-state index in [2.05, 4.69) is 10.6 Å². The van der Waals surface area contributed by atoms with Gasteiger partial charge in [0.25, 0.3) is 5.91 Å². The molecule has 3 aromatic rings. The van der Waals surface area contributed by atoms with Gasteiger partial charge in [0.05, 0.1) is 0 Å². The molecule has 1 saturated heterocycles. The van der Waals surface area contributed by atoms with Crippen LogP contribution in [0.5, 0.6) is 0 Å². The summed E-state index contributed by atoms with van der Waals surface area (Å²) in [4.78, 5) is 40.0. The lowest BCUT2D eigenvalue weighted by Crippen LogP contribution is -2.46. The van der Waals surface area contributed by atoms with Crippen LogP contribution in [0.25, 0.3) is 0 Å². The molecule has 0 aliphatic carbocycles. The van der Waals surface area contributed by atoms with Crippen LogP contribution in [-0.4, -0.2) is 29.3 Å². The van der Waals surface area contributed by atoms with Gasteiger partial charge in [0.2, 0.25) is 5.91 Å². The van der Waals surface area contributed by atoms with Crippen molar-refractivity contribution in [3.63, 3.8) is 0 Å². The topological polar surface area (TPSA) is 78.5 Å². The van der Waals surface area contributed by atoms with E-state index in [1.54, 1.807) is 30.3 Å². The molecule has 1 atom stereocenters. The van der Waals surface area contributed by atoms with Crippen LogP contribution in [0, 0.1) is 6.92 Å². The summed E-state index contributed by atoms with van der Waals surface area (Å²) in [5.74, 6) is -0.952. The molecule has 3 aromatic carbocycles. The number of urea groups is 1. The Balaban J connectivity index is 1.59. The quantitative estimate of drug-likeness (QED) is 0.554. The van der Waals surface area contributed by atoms with Crippen LogP contribution in [-0.2, 0) is 21.5 Å². The summed E-state index contributed by atoms with van der Waals surface area (Å²) in [6.07, 6.45) is 0.272. The molecule has 0 radical (unpaired) electrons. The first-order chi connectivity index (χ1) is 15.4. The molecule has 1 aliphatic rings. The van der Waals surface area contributed by atoms with Gasteiger partial charge in [0, 0.05) is 17.1 Å². The Bertz CT molecular complexity index is 1170. The second-order valence-electron chi connectivity index (χ2n) is 7.77. The van der Waals surface area contributed by atoms with Gasteiger partial charge in [-0.3, -0.25) is 14.5 Å². The van der Waals surface area contributed by atoms with Gasteiger partial charge < -0.3 is 10.6 Å². The van der Waals surface area contributed by atoms with E-state index in [1.807, 2.05) is 55.5 Å². The Morgan fingerprint density at radius 1 is 1.00 bits per heavy atom. The molecule has 4 amide bonds. The SMILES string of the molecule is Cc1ccc(NC(=O)CN2C(=O)NC(Cc3ccccc3)(c3ccccc3)C2=O)cc1Cl. The van der Waals surface area contributed by atoms with E-state index < -0.39 is 29.9 Å². The lowest BCUT2D eigenvalue weighted by atomic mass is 9.83. The predicted molar refractivity (Wildman–Crippen MR) is 123 cm³/mol. The monoisotopic (exact) mass is 447 g/mol. The second kappa shape index (κ2) is 8.85. The third-order valence-corrected chi connectivity index (χ3v) is 5.92. The number of imide groups is 1. The fourth-order valence-corrected chi connectivity index (χ4v) is 4.01. The number of hydrogen-bond donors (Lipinski definition) is 2. The van der Waals surface area contributed by atoms with Gasteiger partial charge in [-0.05, 0) is 35.7 Å². The normalized spacial score (nSPS) is 17.9. The van der Waals surface area contributed by atoms with E-state index in [0.29, 0.717) is 16.3 Å². The van der Waals surface area contributed by atoms with Gasteiger partial charge in [-0.25, -0.2) is 4.79 Å². The van der Waals surface area contributed by atoms with Gasteiger partial charge >= 0.3 is 6.03 Å². The van der Waals surface area contributed by atoms with E-state index in [4.69, 9.17) is 11.6 Å². The number of hydrogen-bond acceptors (Lipinski definition) is 3. The summed E-state index contributed by atoms with van der Waals surface area (Å²) in [7, 11) is 0. The second-order valence-corrected chi connectivity index (χ2v) is 8.17. The maximum atomic E-state index is 13.6. The molecule has 4 rings (SSSR count). The van der Waals surface area contributed by atoms with E-state index in [0.717, 1.165) is 16.0 Å². The van der Waals surface area contributed by atoms with Crippen LogP contribution in [0.2, 0.25) is 5.02 Å². The van der Waals surface area contributed by atoms with E-state index in [9.17, 15) is 14.4 Å². The van der Waals surface area contributed by atoms with Crippen molar-refractivity contribution < 1.29 is 14.4 Å². The Morgan fingerprint density at radius 2 is 1.66 bits per heavy atom. The zero-order chi connectivity index (χ0) is 22.7. The zero-order valence-electron chi connectivity index (χ0n) is 17.5. The largest absolute Gasteiger partial charge is 0.325 e. The highest BCUT2D eigenvalue weighted by Gasteiger charge is 2.52. The van der Waals surface area contributed by atoms with Crippen LogP contribution in [0.15, 0.2) is 78.9 Å². The number of halogens is 1. The Kier molecular flexibility index (Phi) is 5.97. The molecule has 0 saturated carbocycles. The maximum absolute atomic E-state index is 13.6. The standard InChI is InChI=1S/C25H22ClN3O3/c1-17-12-13-20(14-21(17)26)27-22(30)16-29-23(31)25(28-24(29)32,19-10-6-3-7-11-19)15-18-8-4-2-5-9-18/h2-14H,15-16H2,1H3,(H,27,30)(H,28,32). The Morgan fingerprint density at radius 3 is 2.31 bits per heavy atom. The minimum absolute atomic E-state index is 0.272. The van der Waals surface area contributed by atoms with Crippen LogP contribution in [0.4, 0.5) is 10.5 Å². The number of aryl methyl sites for hydroxylation is 1. The number of nitrogens with one attached hydrogen (secondary N) is 2. The van der Waals surface area contributed by atoms with E-state index >= 15 is 0 Å². The Hall–Kier alpha value is -3.64. The number of anilines is 1. The first kappa shape index (κ1) is 21.6. The third-order valence-electron chi connectivity index (χ3n) is 5.51. The van der Waals surface area contributed by atoms with Crippen molar-refractivity contribution in [1.82, 2.24) is 10.2 Å². The molecule has 1 unspecified atom stereocenters. The molecule has 0 bridgehead atoms. The van der Waals surface area contributed by atoms with Crippen LogP contribution in [0.3, 0.4) is 0 Å². The molecule has 162 valence electrons. The molecule has 1 fully saturated rings. The summed E-state index contributed by atoms with van der Waals surface area (Å²) in [5.41, 5.74) is 1.65. The predicted octanol–water partition coefficient (Wildman–Crippen LogP) is 4.28. The average Bonchev–Trinajstić information content (AvgIpc) is 3.02. The molecule has 1 heterocycles. The lowest BCUT2D eigenvalue weighted by molar-refractivity contribution is -0.134. The van der Waals surface area contributed by atoms with Crippen molar-refractivity contribution in [1.29, 1.82) is 0 Å². The van der Waals surface area contributed by atoms with Gasteiger partial charge in [0.1, 0.15) is 6.54 Å². The molecular weight excluding hydrogens is 426 g/mol. The summed E-state index contributed by atoms with van der Waals surface area (Å²) < 4.78 is 0. The minimum atomic E-state index is -1.28. The summed E-state index contributed by atoms with van der Waals surface area (Å²) >= 11 is 6.12. The number of amides is 4. The first-order valence-corrected chi connectivity index (χ1v) is 10.6. The number of carbonyl (C=O) groups excluding carboxylic acids is 3. The summed E-state index contributed by atoms with van der Waals surface area (Å²) in [5, 5.41) is 6.07. The fraction of sp³-hybridized carbons (Fsp3) is 0.160. The van der Waals surface area contributed by atoms with Crippen molar-refractivity contribution in [2.45, 2.75) is 18.9 Å². The highest BCUT2D eigenvalue weighted by molar-refractivity contribution is 6.31. The van der Waals surface area contributed by atoms with E-state index in [-0.39, 0.29) is 6.42 Å². The van der Waals surface area contributed by atoms with Gasteiger partial charge in [-0.1, -0.05) is 78.3 Å². The lowest BCUT2D eigenvalue weighted by Gasteiger charge is -2.27. The molecule has 6 nitrogen and oxygen atoms in total. The number of carbonyl (C=O) groups is 3. The Labute approximate surface area is 191 Å². The minimum Gasteiger partial charge on any atom is -0.324 e.